The first-order valence-electron chi connectivity index (χ1n) is 7.84. The Morgan fingerprint density at radius 3 is 3.17 bits per heavy atom. The summed E-state index contributed by atoms with van der Waals surface area (Å²) in [7, 11) is 0. The van der Waals surface area contributed by atoms with Crippen molar-refractivity contribution in [1.82, 2.24) is 35.1 Å². The van der Waals surface area contributed by atoms with Crippen LogP contribution >= 0.6 is 0 Å². The van der Waals surface area contributed by atoms with Crippen LogP contribution < -0.4 is 10.6 Å². The third kappa shape index (κ3) is 2.79. The van der Waals surface area contributed by atoms with Gasteiger partial charge in [-0.2, -0.15) is 19.7 Å². The number of nitrogens with one attached hydrogen (secondary N) is 3. The maximum absolute atomic E-state index is 4.33. The molecule has 0 bridgehead atoms. The van der Waals surface area contributed by atoms with Crippen LogP contribution in [0.4, 0.5) is 5.82 Å². The van der Waals surface area contributed by atoms with E-state index in [1.807, 2.05) is 25.3 Å². The highest BCUT2D eigenvalue weighted by Crippen LogP contribution is 2.15. The van der Waals surface area contributed by atoms with E-state index in [4.69, 9.17) is 0 Å². The molecule has 0 fully saturated rings. The Labute approximate surface area is 138 Å². The predicted octanol–water partition coefficient (Wildman–Crippen LogP) is 1.51. The molecular formula is C16H18N8. The van der Waals surface area contributed by atoms with Crippen LogP contribution in [-0.4, -0.2) is 42.9 Å². The number of hydrogen-bond acceptors (Lipinski definition) is 6. The number of nitrogens with zero attached hydrogens (tertiary/aromatic N) is 5. The molecule has 0 aliphatic rings. The summed E-state index contributed by atoms with van der Waals surface area (Å²) in [5, 5.41) is 19.3. The molecule has 0 aliphatic carbocycles. The van der Waals surface area contributed by atoms with Crippen LogP contribution in [-0.2, 0) is 6.54 Å². The second kappa shape index (κ2) is 6.25. The Morgan fingerprint density at radius 1 is 1.25 bits per heavy atom. The van der Waals surface area contributed by atoms with Crippen LogP contribution in [0.5, 0.6) is 0 Å². The maximum atomic E-state index is 4.33. The molecule has 0 saturated heterocycles. The highest BCUT2D eigenvalue weighted by atomic mass is 15.3. The third-order valence-electron chi connectivity index (χ3n) is 3.87. The van der Waals surface area contributed by atoms with Gasteiger partial charge in [-0.05, 0) is 12.5 Å². The van der Waals surface area contributed by atoms with E-state index in [0.29, 0.717) is 5.78 Å². The van der Waals surface area contributed by atoms with Crippen molar-refractivity contribution in [2.45, 2.75) is 13.5 Å². The fraction of sp³-hybridized carbons (Fsp3) is 0.250. The lowest BCUT2D eigenvalue weighted by atomic mass is 10.1. The van der Waals surface area contributed by atoms with E-state index in [1.165, 1.54) is 11.9 Å². The molecule has 1 aromatic carbocycles. The van der Waals surface area contributed by atoms with E-state index < -0.39 is 0 Å². The monoisotopic (exact) mass is 322 g/mol. The van der Waals surface area contributed by atoms with Gasteiger partial charge in [0.15, 0.2) is 0 Å². The summed E-state index contributed by atoms with van der Waals surface area (Å²) in [4.78, 5) is 8.45. The van der Waals surface area contributed by atoms with E-state index in [0.717, 1.165) is 42.0 Å². The topological polar surface area (TPSA) is 95.8 Å². The Hall–Kier alpha value is -3.00. The minimum absolute atomic E-state index is 0.608. The molecule has 0 spiro atoms. The van der Waals surface area contributed by atoms with Crippen LogP contribution in [0, 0.1) is 6.92 Å². The van der Waals surface area contributed by atoms with Crippen molar-refractivity contribution in [2.24, 2.45) is 0 Å². The van der Waals surface area contributed by atoms with Gasteiger partial charge in [-0.25, -0.2) is 4.98 Å². The number of aromatic amines is 1. The SMILES string of the molecule is Cc1cc(NCCNCc2cccc3cn[nH]c23)n2ncnc2n1. The molecular weight excluding hydrogens is 304 g/mol. The zero-order valence-electron chi connectivity index (χ0n) is 13.3. The largest absolute Gasteiger partial charge is 0.369 e. The van der Waals surface area contributed by atoms with E-state index in [9.17, 15) is 0 Å². The molecule has 8 heteroatoms. The molecule has 3 N–H and O–H groups in total. The highest BCUT2D eigenvalue weighted by Gasteiger charge is 2.05. The van der Waals surface area contributed by atoms with Gasteiger partial charge in [-0.1, -0.05) is 18.2 Å². The third-order valence-corrected chi connectivity index (χ3v) is 3.87. The lowest BCUT2D eigenvalue weighted by molar-refractivity contribution is 0.706. The summed E-state index contributed by atoms with van der Waals surface area (Å²) in [6.45, 7) is 4.33. The molecule has 8 nitrogen and oxygen atoms in total. The highest BCUT2D eigenvalue weighted by molar-refractivity contribution is 5.81. The van der Waals surface area contributed by atoms with Gasteiger partial charge in [0.1, 0.15) is 12.1 Å². The Morgan fingerprint density at radius 2 is 2.21 bits per heavy atom. The van der Waals surface area contributed by atoms with Gasteiger partial charge < -0.3 is 10.6 Å². The molecule has 4 aromatic rings. The minimum atomic E-state index is 0.608. The minimum Gasteiger partial charge on any atom is -0.369 e. The number of anilines is 1. The summed E-state index contributed by atoms with van der Waals surface area (Å²) < 4.78 is 1.71. The van der Waals surface area contributed by atoms with Gasteiger partial charge in [0.2, 0.25) is 0 Å². The van der Waals surface area contributed by atoms with Crippen LogP contribution in [0.15, 0.2) is 36.8 Å². The summed E-state index contributed by atoms with van der Waals surface area (Å²) in [6.07, 6.45) is 3.35. The second-order valence-electron chi connectivity index (χ2n) is 5.61. The molecule has 4 rings (SSSR count). The average Bonchev–Trinajstić information content (AvgIpc) is 3.23. The molecule has 0 atom stereocenters. The standard InChI is InChI=1S/C16H18N8/c1-11-7-14(24-16(22-11)19-10-21-24)18-6-5-17-8-12-3-2-4-13-9-20-23-15(12)13/h2-4,7,9-10,17-18H,5-6,8H2,1H3,(H,20,23). The molecule has 0 radical (unpaired) electrons. The quantitative estimate of drug-likeness (QED) is 0.466. The van der Waals surface area contributed by atoms with Crippen LogP contribution in [0.1, 0.15) is 11.3 Å². The van der Waals surface area contributed by atoms with Crippen LogP contribution in [0.3, 0.4) is 0 Å². The summed E-state index contributed by atoms with van der Waals surface area (Å²) in [5.41, 5.74) is 3.22. The second-order valence-corrected chi connectivity index (χ2v) is 5.61. The first kappa shape index (κ1) is 14.6. The van der Waals surface area contributed by atoms with Crippen molar-refractivity contribution in [2.75, 3.05) is 18.4 Å². The zero-order valence-corrected chi connectivity index (χ0v) is 13.3. The van der Waals surface area contributed by atoms with Gasteiger partial charge in [0, 0.05) is 36.8 Å². The number of aryl methyl sites for hydroxylation is 1. The number of benzene rings is 1. The van der Waals surface area contributed by atoms with Crippen molar-refractivity contribution in [3.05, 3.63) is 48.0 Å². The normalized spacial score (nSPS) is 11.4. The lowest BCUT2D eigenvalue weighted by Gasteiger charge is -2.10. The molecule has 3 aromatic heterocycles. The van der Waals surface area contributed by atoms with E-state index in [1.54, 1.807) is 4.52 Å². The van der Waals surface area contributed by atoms with Crippen molar-refractivity contribution < 1.29 is 0 Å². The van der Waals surface area contributed by atoms with Gasteiger partial charge in [0.25, 0.3) is 5.78 Å². The Balaban J connectivity index is 1.34. The van der Waals surface area contributed by atoms with Gasteiger partial charge >= 0.3 is 0 Å². The van der Waals surface area contributed by atoms with Crippen molar-refractivity contribution in [3.63, 3.8) is 0 Å². The number of fused-ring (bicyclic) bond motifs is 2. The van der Waals surface area contributed by atoms with Crippen molar-refractivity contribution in [3.8, 4) is 0 Å². The number of aromatic nitrogens is 6. The summed E-state index contributed by atoms with van der Waals surface area (Å²) in [6, 6.07) is 8.17. The van der Waals surface area contributed by atoms with Gasteiger partial charge in [0.05, 0.1) is 11.7 Å². The average molecular weight is 322 g/mol. The van der Waals surface area contributed by atoms with Crippen LogP contribution in [0.2, 0.25) is 0 Å². The summed E-state index contributed by atoms with van der Waals surface area (Å²) in [5.74, 6) is 1.50. The van der Waals surface area contributed by atoms with Gasteiger partial charge in [-0.3, -0.25) is 5.10 Å². The molecule has 0 amide bonds. The molecule has 3 heterocycles. The molecule has 0 aliphatic heterocycles. The molecule has 122 valence electrons. The maximum Gasteiger partial charge on any atom is 0.254 e. The number of para-hydroxylation sites is 1. The summed E-state index contributed by atoms with van der Waals surface area (Å²) >= 11 is 0. The number of hydrogen-bond donors (Lipinski definition) is 3. The van der Waals surface area contributed by atoms with Crippen molar-refractivity contribution in [1.29, 1.82) is 0 Å². The van der Waals surface area contributed by atoms with E-state index in [2.05, 4.69) is 48.0 Å². The lowest BCUT2D eigenvalue weighted by Crippen LogP contribution is -2.22. The molecule has 0 saturated carbocycles. The van der Waals surface area contributed by atoms with Gasteiger partial charge in [-0.15, -0.1) is 0 Å². The van der Waals surface area contributed by atoms with Crippen LogP contribution in [0.25, 0.3) is 16.7 Å². The Bertz CT molecular complexity index is 970. The number of rotatable bonds is 6. The molecule has 24 heavy (non-hydrogen) atoms. The Kier molecular flexibility index (Phi) is 3.80. The van der Waals surface area contributed by atoms with E-state index in [-0.39, 0.29) is 0 Å². The first-order chi connectivity index (χ1) is 11.8. The zero-order chi connectivity index (χ0) is 16.4. The predicted molar refractivity (Wildman–Crippen MR) is 91.8 cm³/mol. The van der Waals surface area contributed by atoms with E-state index >= 15 is 0 Å². The fourth-order valence-corrected chi connectivity index (χ4v) is 2.74. The number of H-pyrrole nitrogens is 1. The van der Waals surface area contributed by atoms with Crippen molar-refractivity contribution >= 4 is 22.5 Å². The first-order valence-corrected chi connectivity index (χ1v) is 7.84. The smallest absolute Gasteiger partial charge is 0.254 e. The molecule has 0 unspecified atom stereocenters. The fourth-order valence-electron chi connectivity index (χ4n) is 2.74.